The molecule has 1 aromatic heterocycles. The molecule has 0 unspecified atom stereocenters. The van der Waals surface area contributed by atoms with Crippen LogP contribution in [0.5, 0.6) is 0 Å². The Morgan fingerprint density at radius 2 is 1.90 bits per heavy atom. The molecular formula is C15H14N4O2. The Kier molecular flexibility index (Phi) is 5.28. The van der Waals surface area contributed by atoms with Crippen molar-refractivity contribution < 1.29 is 9.53 Å². The molecule has 0 saturated heterocycles. The summed E-state index contributed by atoms with van der Waals surface area (Å²) in [6, 6.07) is 11.1. The summed E-state index contributed by atoms with van der Waals surface area (Å²) in [5.41, 5.74) is 1.34. The predicted octanol–water partition coefficient (Wildman–Crippen LogP) is 3.21. The Morgan fingerprint density at radius 3 is 2.62 bits per heavy atom. The lowest BCUT2D eigenvalue weighted by Crippen LogP contribution is -2.01. The molecule has 0 aliphatic rings. The van der Waals surface area contributed by atoms with E-state index in [0.29, 0.717) is 5.70 Å². The summed E-state index contributed by atoms with van der Waals surface area (Å²) in [5.74, 6) is -0.229. The van der Waals surface area contributed by atoms with Gasteiger partial charge in [0.15, 0.2) is 0 Å². The summed E-state index contributed by atoms with van der Waals surface area (Å²) in [4.78, 5) is 19.4. The van der Waals surface area contributed by atoms with Crippen LogP contribution in [-0.2, 0) is 16.1 Å². The zero-order valence-corrected chi connectivity index (χ0v) is 11.5. The highest BCUT2D eigenvalue weighted by Crippen LogP contribution is 2.06. The molecule has 0 aliphatic carbocycles. The molecule has 0 spiro atoms. The van der Waals surface area contributed by atoms with E-state index in [9.17, 15) is 4.79 Å². The highest BCUT2D eigenvalue weighted by atomic mass is 16.5. The first-order valence-corrected chi connectivity index (χ1v) is 6.32. The van der Waals surface area contributed by atoms with Crippen LogP contribution in [0.25, 0.3) is 0 Å². The number of carbonyl (C=O) groups excluding carboxylic acids is 1. The SMILES string of the molecule is C/C(=C\C(=O)OCc1ccccc1)N=Nc1ncccn1. The van der Waals surface area contributed by atoms with Crippen molar-refractivity contribution in [3.63, 3.8) is 0 Å². The lowest BCUT2D eigenvalue weighted by molar-refractivity contribution is -0.139. The van der Waals surface area contributed by atoms with Crippen molar-refractivity contribution in [2.24, 2.45) is 10.2 Å². The summed E-state index contributed by atoms with van der Waals surface area (Å²) >= 11 is 0. The Labute approximate surface area is 122 Å². The molecule has 0 radical (unpaired) electrons. The molecule has 0 aliphatic heterocycles. The van der Waals surface area contributed by atoms with Gasteiger partial charge in [0.05, 0.1) is 5.70 Å². The van der Waals surface area contributed by atoms with Crippen LogP contribution in [0, 0.1) is 0 Å². The van der Waals surface area contributed by atoms with Gasteiger partial charge in [0.1, 0.15) is 6.61 Å². The minimum Gasteiger partial charge on any atom is -0.458 e. The fourth-order valence-electron chi connectivity index (χ4n) is 1.44. The topological polar surface area (TPSA) is 76.8 Å². The van der Waals surface area contributed by atoms with E-state index in [-0.39, 0.29) is 12.6 Å². The van der Waals surface area contributed by atoms with Gasteiger partial charge in [0.25, 0.3) is 5.95 Å². The zero-order valence-electron chi connectivity index (χ0n) is 11.5. The fourth-order valence-corrected chi connectivity index (χ4v) is 1.44. The number of allylic oxidation sites excluding steroid dienone is 1. The molecule has 0 fully saturated rings. The zero-order chi connectivity index (χ0) is 14.9. The second kappa shape index (κ2) is 7.64. The minimum atomic E-state index is -0.468. The van der Waals surface area contributed by atoms with Crippen molar-refractivity contribution in [3.05, 3.63) is 66.1 Å². The number of rotatable bonds is 5. The summed E-state index contributed by atoms with van der Waals surface area (Å²) in [6.45, 7) is 1.87. The van der Waals surface area contributed by atoms with Crippen molar-refractivity contribution >= 4 is 11.9 Å². The normalized spacial score (nSPS) is 11.6. The highest BCUT2D eigenvalue weighted by Gasteiger charge is 2.00. The van der Waals surface area contributed by atoms with E-state index in [0.717, 1.165) is 5.56 Å². The molecule has 0 N–H and O–H groups in total. The van der Waals surface area contributed by atoms with Gasteiger partial charge in [-0.3, -0.25) is 0 Å². The maximum Gasteiger partial charge on any atom is 0.332 e. The lowest BCUT2D eigenvalue weighted by atomic mass is 10.2. The molecule has 2 aromatic rings. The number of nitrogens with zero attached hydrogens (tertiary/aromatic N) is 4. The lowest BCUT2D eigenvalue weighted by Gasteiger charge is -2.01. The Bertz CT molecular complexity index is 639. The van der Waals surface area contributed by atoms with Gasteiger partial charge in [-0.15, -0.1) is 5.11 Å². The van der Waals surface area contributed by atoms with Crippen LogP contribution < -0.4 is 0 Å². The number of hydrogen-bond donors (Lipinski definition) is 0. The monoisotopic (exact) mass is 282 g/mol. The first-order valence-electron chi connectivity index (χ1n) is 6.32. The molecule has 2 rings (SSSR count). The second-order valence-corrected chi connectivity index (χ2v) is 4.13. The molecule has 1 aromatic carbocycles. The van der Waals surface area contributed by atoms with Crippen LogP contribution in [0.1, 0.15) is 12.5 Å². The van der Waals surface area contributed by atoms with E-state index in [1.165, 1.54) is 6.08 Å². The molecule has 6 nitrogen and oxygen atoms in total. The van der Waals surface area contributed by atoms with E-state index >= 15 is 0 Å². The van der Waals surface area contributed by atoms with Gasteiger partial charge in [-0.2, -0.15) is 5.11 Å². The van der Waals surface area contributed by atoms with Crippen LogP contribution >= 0.6 is 0 Å². The molecule has 0 bridgehead atoms. The summed E-state index contributed by atoms with van der Waals surface area (Å²) in [7, 11) is 0. The van der Waals surface area contributed by atoms with Gasteiger partial charge in [-0.1, -0.05) is 30.3 Å². The van der Waals surface area contributed by atoms with Crippen LogP contribution in [0.2, 0.25) is 0 Å². The largest absolute Gasteiger partial charge is 0.458 e. The van der Waals surface area contributed by atoms with Crippen LogP contribution in [0.3, 0.4) is 0 Å². The molecular weight excluding hydrogens is 268 g/mol. The van der Waals surface area contributed by atoms with Crippen molar-refractivity contribution in [2.75, 3.05) is 0 Å². The van der Waals surface area contributed by atoms with Gasteiger partial charge in [0.2, 0.25) is 0 Å². The maximum atomic E-state index is 11.6. The molecule has 21 heavy (non-hydrogen) atoms. The molecule has 6 heteroatoms. The first kappa shape index (κ1) is 14.5. The number of esters is 1. The van der Waals surface area contributed by atoms with Crippen LogP contribution in [0.15, 0.2) is 70.8 Å². The third-order valence-electron chi connectivity index (χ3n) is 2.40. The van der Waals surface area contributed by atoms with Crippen molar-refractivity contribution in [3.8, 4) is 0 Å². The second-order valence-electron chi connectivity index (χ2n) is 4.13. The fraction of sp³-hybridized carbons (Fsp3) is 0.133. The van der Waals surface area contributed by atoms with Gasteiger partial charge in [-0.05, 0) is 18.6 Å². The standard InChI is InChI=1S/C15H14N4O2/c1-12(18-19-15-16-8-5-9-17-15)10-14(20)21-11-13-6-3-2-4-7-13/h2-10H,11H2,1H3/b12-10+,19-18?. The molecule has 106 valence electrons. The van der Waals surface area contributed by atoms with E-state index in [1.807, 2.05) is 30.3 Å². The average Bonchev–Trinajstić information content (AvgIpc) is 2.53. The van der Waals surface area contributed by atoms with Gasteiger partial charge >= 0.3 is 5.97 Å². The van der Waals surface area contributed by atoms with Crippen LogP contribution in [-0.4, -0.2) is 15.9 Å². The van der Waals surface area contributed by atoms with Crippen molar-refractivity contribution in [1.29, 1.82) is 0 Å². The summed E-state index contributed by atoms with van der Waals surface area (Å²) < 4.78 is 5.10. The van der Waals surface area contributed by atoms with Crippen LogP contribution in [0.4, 0.5) is 5.95 Å². The quantitative estimate of drug-likeness (QED) is 0.479. The number of carbonyl (C=O) groups is 1. The smallest absolute Gasteiger partial charge is 0.332 e. The first-order chi connectivity index (χ1) is 10.2. The van der Waals surface area contributed by atoms with E-state index in [2.05, 4.69) is 20.2 Å². The van der Waals surface area contributed by atoms with E-state index in [1.54, 1.807) is 25.4 Å². The molecule has 0 saturated carbocycles. The number of benzene rings is 1. The van der Waals surface area contributed by atoms with E-state index < -0.39 is 5.97 Å². The molecule has 1 heterocycles. The minimum absolute atomic E-state index is 0.225. The highest BCUT2D eigenvalue weighted by molar-refractivity contribution is 5.82. The number of ether oxygens (including phenoxy) is 1. The summed E-state index contributed by atoms with van der Waals surface area (Å²) in [6.07, 6.45) is 4.40. The van der Waals surface area contributed by atoms with Gasteiger partial charge < -0.3 is 4.74 Å². The number of hydrogen-bond acceptors (Lipinski definition) is 6. The number of azo groups is 1. The third-order valence-corrected chi connectivity index (χ3v) is 2.40. The molecule has 0 atom stereocenters. The third kappa shape index (κ3) is 5.32. The maximum absolute atomic E-state index is 11.6. The number of aromatic nitrogens is 2. The van der Waals surface area contributed by atoms with Gasteiger partial charge in [-0.25, -0.2) is 14.8 Å². The molecule has 0 amide bonds. The Morgan fingerprint density at radius 1 is 1.19 bits per heavy atom. The van der Waals surface area contributed by atoms with Crippen molar-refractivity contribution in [2.45, 2.75) is 13.5 Å². The summed E-state index contributed by atoms with van der Waals surface area (Å²) in [5, 5.41) is 7.65. The average molecular weight is 282 g/mol. The van der Waals surface area contributed by atoms with E-state index in [4.69, 9.17) is 4.74 Å². The Hall–Kier alpha value is -2.89. The van der Waals surface area contributed by atoms with Crippen molar-refractivity contribution in [1.82, 2.24) is 9.97 Å². The Balaban J connectivity index is 1.87. The predicted molar refractivity (Wildman–Crippen MR) is 76.5 cm³/mol. The van der Waals surface area contributed by atoms with Gasteiger partial charge in [0, 0.05) is 18.5 Å².